The zero-order valence-electron chi connectivity index (χ0n) is 27.3. The molecule has 16 nitrogen and oxygen atoms in total. The van der Waals surface area contributed by atoms with Crippen LogP contribution in [0.3, 0.4) is 0 Å². The maximum Gasteiger partial charge on any atom is 0.328 e. The summed E-state index contributed by atoms with van der Waals surface area (Å²) in [6.07, 6.45) is 5.44. The highest BCUT2D eigenvalue weighted by molar-refractivity contribution is 6.06. The van der Waals surface area contributed by atoms with E-state index in [0.29, 0.717) is 12.8 Å². The van der Waals surface area contributed by atoms with E-state index < -0.39 is 47.7 Å². The minimum Gasteiger partial charge on any atom is -0.464 e. The fourth-order valence-corrected chi connectivity index (χ4v) is 4.04. The van der Waals surface area contributed by atoms with Crippen LogP contribution in [-0.2, 0) is 19.1 Å². The van der Waals surface area contributed by atoms with Crippen LogP contribution in [0.2, 0.25) is 0 Å². The highest BCUT2D eigenvalue weighted by atomic mass is 16.5. The molecule has 2 rings (SSSR count). The van der Waals surface area contributed by atoms with Crippen molar-refractivity contribution in [1.82, 2.24) is 41.2 Å². The lowest BCUT2D eigenvalue weighted by Crippen LogP contribution is -2.46. The van der Waals surface area contributed by atoms with E-state index in [-0.39, 0.29) is 60.9 Å². The molecule has 0 unspecified atom stereocenters. The molecule has 0 fully saturated rings. The molecule has 0 saturated carbocycles. The van der Waals surface area contributed by atoms with E-state index in [1.54, 1.807) is 27.7 Å². The first-order chi connectivity index (χ1) is 21.9. The number of imidazole rings is 2. The molecule has 2 atom stereocenters. The van der Waals surface area contributed by atoms with Gasteiger partial charge in [-0.25, -0.2) is 19.6 Å². The van der Waals surface area contributed by atoms with Crippen molar-refractivity contribution in [3.05, 3.63) is 35.4 Å². The molecule has 0 aliphatic heterocycles. The summed E-state index contributed by atoms with van der Waals surface area (Å²) in [6.45, 7) is 11.3. The van der Waals surface area contributed by atoms with Crippen LogP contribution in [0.15, 0.2) is 12.7 Å². The Morgan fingerprint density at radius 1 is 0.652 bits per heavy atom. The number of aromatic nitrogens is 4. The van der Waals surface area contributed by atoms with Crippen molar-refractivity contribution in [2.45, 2.75) is 79.3 Å². The molecule has 0 saturated heterocycles. The SMILES string of the molecule is CCCCOC(=O)[C@@H](NC(=O)c1nc[nH]c1C(=O)NCCNC(=O)c1[nH]cnc1C(=O)N[C@H](C(=O)OCCCC)C(C)C)C(C)C. The van der Waals surface area contributed by atoms with Gasteiger partial charge in [-0.15, -0.1) is 0 Å². The summed E-state index contributed by atoms with van der Waals surface area (Å²) in [5, 5.41) is 10.3. The Hall–Kier alpha value is -4.76. The molecule has 0 aromatic carbocycles. The van der Waals surface area contributed by atoms with E-state index in [0.717, 1.165) is 12.8 Å². The molecule has 254 valence electrons. The molecule has 2 heterocycles. The van der Waals surface area contributed by atoms with Crippen molar-refractivity contribution in [2.24, 2.45) is 11.8 Å². The van der Waals surface area contributed by atoms with Gasteiger partial charge in [-0.1, -0.05) is 54.4 Å². The lowest BCUT2D eigenvalue weighted by Gasteiger charge is -2.20. The Labute approximate surface area is 268 Å². The summed E-state index contributed by atoms with van der Waals surface area (Å²) >= 11 is 0. The van der Waals surface area contributed by atoms with Gasteiger partial charge >= 0.3 is 11.9 Å². The third-order valence-corrected chi connectivity index (χ3v) is 6.76. The predicted molar refractivity (Wildman–Crippen MR) is 166 cm³/mol. The first-order valence-corrected chi connectivity index (χ1v) is 15.5. The Balaban J connectivity index is 1.93. The molecule has 46 heavy (non-hydrogen) atoms. The van der Waals surface area contributed by atoms with Crippen LogP contribution in [-0.4, -0.2) is 93.9 Å². The highest BCUT2D eigenvalue weighted by Gasteiger charge is 2.30. The topological polar surface area (TPSA) is 226 Å². The summed E-state index contributed by atoms with van der Waals surface area (Å²) in [7, 11) is 0. The summed E-state index contributed by atoms with van der Waals surface area (Å²) in [6, 6.07) is -1.87. The van der Waals surface area contributed by atoms with Gasteiger partial charge in [0, 0.05) is 13.1 Å². The second kappa shape index (κ2) is 18.9. The van der Waals surface area contributed by atoms with Crippen molar-refractivity contribution in [1.29, 1.82) is 0 Å². The van der Waals surface area contributed by atoms with E-state index in [1.807, 2.05) is 13.8 Å². The fourth-order valence-electron chi connectivity index (χ4n) is 4.04. The third-order valence-electron chi connectivity index (χ3n) is 6.76. The number of rotatable bonds is 19. The minimum absolute atomic E-state index is 0.0439. The van der Waals surface area contributed by atoms with Gasteiger partial charge in [-0.05, 0) is 24.7 Å². The second-order valence-electron chi connectivity index (χ2n) is 11.2. The number of H-pyrrole nitrogens is 2. The number of hydrogen-bond donors (Lipinski definition) is 6. The van der Waals surface area contributed by atoms with Crippen LogP contribution in [0.25, 0.3) is 0 Å². The molecule has 0 aliphatic carbocycles. The molecule has 6 N–H and O–H groups in total. The van der Waals surface area contributed by atoms with Gasteiger partial charge in [0.05, 0.1) is 25.9 Å². The summed E-state index contributed by atoms with van der Waals surface area (Å²) in [4.78, 5) is 89.5. The molecular formula is C30H46N8O8. The van der Waals surface area contributed by atoms with Gasteiger partial charge in [0.15, 0.2) is 11.4 Å². The Bertz CT molecular complexity index is 1240. The minimum atomic E-state index is -0.933. The van der Waals surface area contributed by atoms with E-state index in [2.05, 4.69) is 41.2 Å². The molecule has 0 bridgehead atoms. The van der Waals surface area contributed by atoms with Crippen molar-refractivity contribution < 1.29 is 38.2 Å². The zero-order valence-corrected chi connectivity index (χ0v) is 27.3. The first-order valence-electron chi connectivity index (χ1n) is 15.5. The second-order valence-corrected chi connectivity index (χ2v) is 11.2. The van der Waals surface area contributed by atoms with Crippen LogP contribution in [0.4, 0.5) is 0 Å². The normalized spacial score (nSPS) is 12.3. The molecule has 0 spiro atoms. The zero-order chi connectivity index (χ0) is 34.2. The molecule has 4 amide bonds. The maximum atomic E-state index is 12.9. The highest BCUT2D eigenvalue weighted by Crippen LogP contribution is 2.10. The first kappa shape index (κ1) is 37.4. The summed E-state index contributed by atoms with van der Waals surface area (Å²) in [5.41, 5.74) is -0.691. The van der Waals surface area contributed by atoms with E-state index in [4.69, 9.17) is 9.47 Å². The monoisotopic (exact) mass is 646 g/mol. The number of unbranched alkanes of at least 4 members (excludes halogenated alkanes) is 2. The molecular weight excluding hydrogens is 600 g/mol. The van der Waals surface area contributed by atoms with Crippen molar-refractivity contribution in [3.63, 3.8) is 0 Å². The van der Waals surface area contributed by atoms with E-state index in [9.17, 15) is 28.8 Å². The number of amides is 4. The number of esters is 2. The Morgan fingerprint density at radius 2 is 1.02 bits per heavy atom. The number of carbonyl (C=O) groups excluding carboxylic acids is 6. The molecule has 2 aromatic rings. The number of nitrogens with zero attached hydrogens (tertiary/aromatic N) is 2. The number of nitrogens with one attached hydrogen (secondary N) is 6. The number of hydrogen-bond acceptors (Lipinski definition) is 10. The predicted octanol–water partition coefficient (Wildman–Crippen LogP) is 1.49. The van der Waals surface area contributed by atoms with Gasteiger partial charge in [-0.3, -0.25) is 19.2 Å². The lowest BCUT2D eigenvalue weighted by atomic mass is 10.0. The van der Waals surface area contributed by atoms with Crippen molar-refractivity contribution >= 4 is 35.6 Å². The van der Waals surface area contributed by atoms with Crippen LogP contribution in [0, 0.1) is 11.8 Å². The molecule has 2 aromatic heterocycles. The van der Waals surface area contributed by atoms with Gasteiger partial charge < -0.3 is 40.7 Å². The van der Waals surface area contributed by atoms with Crippen molar-refractivity contribution in [3.8, 4) is 0 Å². The van der Waals surface area contributed by atoms with Crippen LogP contribution in [0.1, 0.15) is 109 Å². The number of carbonyl (C=O) groups is 6. The standard InChI is InChI=1S/C30H46N8O8/c1-7-9-13-45-29(43)19(17(3)4)37-27(41)23-21(33-15-35-23)25(39)31-11-12-32-26(40)22-24(36-16-34-22)28(42)38-20(18(5)6)30(44)46-14-10-8-2/h15-20H,7-14H2,1-6H3,(H,31,39)(H,32,40)(H,33,35)(H,34,36)(H,37,41)(H,38,42)/t19-,20-/m0/s1. The Morgan fingerprint density at radius 3 is 1.35 bits per heavy atom. The number of ether oxygens (including phenoxy) is 2. The van der Waals surface area contributed by atoms with Crippen molar-refractivity contribution in [2.75, 3.05) is 26.3 Å². The lowest BCUT2D eigenvalue weighted by molar-refractivity contribution is -0.148. The molecule has 0 radical (unpaired) electrons. The number of aromatic amines is 2. The van der Waals surface area contributed by atoms with Crippen LogP contribution >= 0.6 is 0 Å². The van der Waals surface area contributed by atoms with Crippen LogP contribution < -0.4 is 21.3 Å². The molecule has 0 aliphatic rings. The largest absolute Gasteiger partial charge is 0.464 e. The summed E-state index contributed by atoms with van der Waals surface area (Å²) in [5.74, 6) is -4.50. The van der Waals surface area contributed by atoms with E-state index >= 15 is 0 Å². The maximum absolute atomic E-state index is 12.9. The Kier molecular flexibility index (Phi) is 15.4. The van der Waals surface area contributed by atoms with E-state index in [1.165, 1.54) is 12.7 Å². The van der Waals surface area contributed by atoms with Gasteiger partial charge in [0.1, 0.15) is 23.5 Å². The molecule has 16 heteroatoms. The third kappa shape index (κ3) is 11.0. The van der Waals surface area contributed by atoms with Gasteiger partial charge in [0.25, 0.3) is 23.6 Å². The van der Waals surface area contributed by atoms with Gasteiger partial charge in [-0.2, -0.15) is 0 Å². The fraction of sp³-hybridized carbons (Fsp3) is 0.600. The average molecular weight is 647 g/mol. The quantitative estimate of drug-likeness (QED) is 0.0952. The average Bonchev–Trinajstić information content (AvgIpc) is 3.71. The van der Waals surface area contributed by atoms with Gasteiger partial charge in [0.2, 0.25) is 0 Å². The smallest absolute Gasteiger partial charge is 0.328 e. The summed E-state index contributed by atoms with van der Waals surface area (Å²) < 4.78 is 10.5. The van der Waals surface area contributed by atoms with Crippen LogP contribution in [0.5, 0.6) is 0 Å².